The summed E-state index contributed by atoms with van der Waals surface area (Å²) in [7, 11) is 0. The van der Waals surface area contributed by atoms with Crippen LogP contribution in [0.15, 0.2) is 39.8 Å². The molecule has 0 saturated carbocycles. The summed E-state index contributed by atoms with van der Waals surface area (Å²) < 4.78 is 18.5. The lowest BCUT2D eigenvalue weighted by Gasteiger charge is -2.37. The molecule has 1 saturated heterocycles. The average molecular weight is 373 g/mol. The number of anilines is 1. The zero-order valence-corrected chi connectivity index (χ0v) is 16.3. The van der Waals surface area contributed by atoms with Crippen molar-refractivity contribution in [3.8, 4) is 0 Å². The first-order chi connectivity index (χ1) is 13.1. The lowest BCUT2D eigenvalue weighted by Crippen LogP contribution is -2.52. The molecule has 0 aliphatic carbocycles. The molecule has 0 spiro atoms. The van der Waals surface area contributed by atoms with Crippen molar-refractivity contribution in [2.75, 3.05) is 37.6 Å². The quantitative estimate of drug-likeness (QED) is 0.644. The maximum atomic E-state index is 13.1. The molecule has 1 aromatic heterocycles. The van der Waals surface area contributed by atoms with Crippen LogP contribution in [0.25, 0.3) is 0 Å². The van der Waals surface area contributed by atoms with Gasteiger partial charge < -0.3 is 19.6 Å². The molecule has 146 valence electrons. The summed E-state index contributed by atoms with van der Waals surface area (Å²) in [6, 6.07) is 8.66. The highest BCUT2D eigenvalue weighted by Crippen LogP contribution is 2.18. The van der Waals surface area contributed by atoms with Crippen molar-refractivity contribution >= 4 is 11.6 Å². The van der Waals surface area contributed by atoms with Crippen LogP contribution in [0.3, 0.4) is 0 Å². The van der Waals surface area contributed by atoms with Gasteiger partial charge in [-0.3, -0.25) is 0 Å². The van der Waals surface area contributed by atoms with Crippen molar-refractivity contribution in [1.29, 1.82) is 0 Å². The van der Waals surface area contributed by atoms with Gasteiger partial charge in [0.1, 0.15) is 12.4 Å². The van der Waals surface area contributed by atoms with Crippen molar-refractivity contribution in [2.24, 2.45) is 4.99 Å². The number of halogens is 1. The molecule has 7 heteroatoms. The summed E-state index contributed by atoms with van der Waals surface area (Å²) >= 11 is 0. The number of hydrogen-bond acceptors (Lipinski definition) is 4. The summed E-state index contributed by atoms with van der Waals surface area (Å²) in [5, 5.41) is 7.45. The van der Waals surface area contributed by atoms with Crippen molar-refractivity contribution in [2.45, 2.75) is 33.2 Å². The second kappa shape index (κ2) is 8.88. The minimum atomic E-state index is -0.202. The van der Waals surface area contributed by atoms with E-state index in [0.29, 0.717) is 12.5 Å². The molecule has 27 heavy (non-hydrogen) atoms. The summed E-state index contributed by atoms with van der Waals surface area (Å²) in [5.74, 6) is 1.81. The first-order valence-corrected chi connectivity index (χ1v) is 9.56. The molecule has 6 nitrogen and oxygen atoms in total. The van der Waals surface area contributed by atoms with Gasteiger partial charge in [0, 0.05) is 44.5 Å². The number of hydrogen-bond donors (Lipinski definition) is 1. The number of benzene rings is 1. The van der Waals surface area contributed by atoms with E-state index in [-0.39, 0.29) is 5.82 Å². The van der Waals surface area contributed by atoms with Gasteiger partial charge in [0.05, 0.1) is 5.69 Å². The highest BCUT2D eigenvalue weighted by molar-refractivity contribution is 5.80. The Hall–Kier alpha value is -2.57. The Labute approximate surface area is 160 Å². The van der Waals surface area contributed by atoms with Crippen LogP contribution in [0.4, 0.5) is 10.1 Å². The second-order valence-corrected chi connectivity index (χ2v) is 6.99. The number of piperazine rings is 1. The summed E-state index contributed by atoms with van der Waals surface area (Å²) in [6.07, 6.45) is 0. The van der Waals surface area contributed by atoms with Crippen LogP contribution in [0.5, 0.6) is 0 Å². The van der Waals surface area contributed by atoms with E-state index in [0.717, 1.165) is 55.8 Å². The van der Waals surface area contributed by atoms with Crippen LogP contribution < -0.4 is 10.2 Å². The maximum absolute atomic E-state index is 13.1. The zero-order valence-electron chi connectivity index (χ0n) is 16.3. The Morgan fingerprint density at radius 1 is 1.22 bits per heavy atom. The topological polar surface area (TPSA) is 56.9 Å². The molecule has 2 aromatic rings. The van der Waals surface area contributed by atoms with Gasteiger partial charge in [-0.15, -0.1) is 0 Å². The van der Waals surface area contributed by atoms with E-state index in [2.05, 4.69) is 41.0 Å². The normalized spacial score (nSPS) is 15.5. The third kappa shape index (κ3) is 4.99. The fourth-order valence-electron chi connectivity index (χ4n) is 3.08. The molecule has 0 bridgehead atoms. The SMILES string of the molecule is CCNC(=NCc1cc(C(C)C)no1)N1CCN(c2ccc(F)cc2)CC1. The molecule has 0 atom stereocenters. The van der Waals surface area contributed by atoms with Crippen LogP contribution in [0, 0.1) is 5.82 Å². The van der Waals surface area contributed by atoms with E-state index in [1.54, 1.807) is 0 Å². The number of aliphatic imine (C=N–C) groups is 1. The fraction of sp³-hybridized carbons (Fsp3) is 0.500. The molecule has 1 aromatic carbocycles. The predicted octanol–water partition coefficient (Wildman–Crippen LogP) is 3.22. The van der Waals surface area contributed by atoms with Gasteiger partial charge in [0.25, 0.3) is 0 Å². The predicted molar refractivity (Wildman–Crippen MR) is 106 cm³/mol. The first kappa shape index (κ1) is 19.2. The van der Waals surface area contributed by atoms with E-state index in [1.807, 2.05) is 18.2 Å². The van der Waals surface area contributed by atoms with E-state index < -0.39 is 0 Å². The van der Waals surface area contributed by atoms with Crippen LogP contribution in [-0.2, 0) is 6.54 Å². The maximum Gasteiger partial charge on any atom is 0.194 e. The number of rotatable bonds is 5. The van der Waals surface area contributed by atoms with E-state index >= 15 is 0 Å². The Morgan fingerprint density at radius 3 is 2.52 bits per heavy atom. The standard InChI is InChI=1S/C20H28FN5O/c1-4-22-20(23-14-18-13-19(15(2)3)24-27-18)26-11-9-25(10-12-26)17-7-5-16(21)6-8-17/h5-8,13,15H,4,9-12,14H2,1-3H3,(H,22,23). The summed E-state index contributed by atoms with van der Waals surface area (Å²) in [4.78, 5) is 9.24. The van der Waals surface area contributed by atoms with E-state index in [1.165, 1.54) is 12.1 Å². The van der Waals surface area contributed by atoms with Crippen molar-refractivity contribution in [3.05, 3.63) is 47.6 Å². The van der Waals surface area contributed by atoms with Crippen LogP contribution in [0.2, 0.25) is 0 Å². The van der Waals surface area contributed by atoms with E-state index in [9.17, 15) is 4.39 Å². The van der Waals surface area contributed by atoms with Gasteiger partial charge in [-0.25, -0.2) is 9.38 Å². The van der Waals surface area contributed by atoms with Crippen molar-refractivity contribution in [1.82, 2.24) is 15.4 Å². The summed E-state index contributed by atoms with van der Waals surface area (Å²) in [5.41, 5.74) is 2.01. The molecule has 0 radical (unpaired) electrons. The highest BCUT2D eigenvalue weighted by atomic mass is 19.1. The van der Waals surface area contributed by atoms with Gasteiger partial charge in [-0.2, -0.15) is 0 Å². The largest absolute Gasteiger partial charge is 0.368 e. The van der Waals surface area contributed by atoms with Crippen molar-refractivity contribution < 1.29 is 8.91 Å². The van der Waals surface area contributed by atoms with E-state index in [4.69, 9.17) is 9.52 Å². The number of guanidine groups is 1. The van der Waals surface area contributed by atoms with Crippen molar-refractivity contribution in [3.63, 3.8) is 0 Å². The van der Waals surface area contributed by atoms with Crippen LogP contribution >= 0.6 is 0 Å². The van der Waals surface area contributed by atoms with Gasteiger partial charge in [0.15, 0.2) is 11.7 Å². The average Bonchev–Trinajstić information content (AvgIpc) is 3.15. The molecule has 0 unspecified atom stereocenters. The highest BCUT2D eigenvalue weighted by Gasteiger charge is 2.20. The number of nitrogens with zero attached hydrogens (tertiary/aromatic N) is 4. The molecule has 1 N–H and O–H groups in total. The van der Waals surface area contributed by atoms with Crippen LogP contribution in [0.1, 0.15) is 38.1 Å². The molecule has 1 fully saturated rings. The third-order valence-corrected chi connectivity index (χ3v) is 4.66. The second-order valence-electron chi connectivity index (χ2n) is 6.99. The zero-order chi connectivity index (χ0) is 19.2. The molecule has 3 rings (SSSR count). The minimum absolute atomic E-state index is 0.202. The molecular formula is C20H28FN5O. The number of aromatic nitrogens is 1. The molecular weight excluding hydrogens is 345 g/mol. The molecule has 0 amide bonds. The van der Waals surface area contributed by atoms with Crippen LogP contribution in [-0.4, -0.2) is 48.7 Å². The Bertz CT molecular complexity index is 748. The minimum Gasteiger partial charge on any atom is -0.368 e. The van der Waals surface area contributed by atoms with Gasteiger partial charge in [-0.05, 0) is 37.1 Å². The Balaban J connectivity index is 1.60. The Kier molecular flexibility index (Phi) is 6.32. The smallest absolute Gasteiger partial charge is 0.194 e. The Morgan fingerprint density at radius 2 is 1.93 bits per heavy atom. The molecule has 1 aliphatic heterocycles. The van der Waals surface area contributed by atoms with Gasteiger partial charge in [-0.1, -0.05) is 19.0 Å². The molecule has 2 heterocycles. The van der Waals surface area contributed by atoms with Gasteiger partial charge >= 0.3 is 0 Å². The molecule has 1 aliphatic rings. The third-order valence-electron chi connectivity index (χ3n) is 4.66. The first-order valence-electron chi connectivity index (χ1n) is 9.56. The monoisotopic (exact) mass is 373 g/mol. The fourth-order valence-corrected chi connectivity index (χ4v) is 3.08. The van der Waals surface area contributed by atoms with Gasteiger partial charge in [0.2, 0.25) is 0 Å². The number of nitrogens with one attached hydrogen (secondary N) is 1. The lowest BCUT2D eigenvalue weighted by atomic mass is 10.1. The lowest BCUT2D eigenvalue weighted by molar-refractivity contribution is 0.364. The summed E-state index contributed by atoms with van der Waals surface area (Å²) in [6.45, 7) is 11.0.